The third kappa shape index (κ3) is 4.68. The summed E-state index contributed by atoms with van der Waals surface area (Å²) in [6.45, 7) is 2.61. The van der Waals surface area contributed by atoms with Gasteiger partial charge >= 0.3 is 0 Å². The molecular weight excluding hydrogens is 346 g/mol. The number of para-hydroxylation sites is 1. The van der Waals surface area contributed by atoms with E-state index in [0.717, 1.165) is 34.5 Å². The predicted molar refractivity (Wildman–Crippen MR) is 115 cm³/mol. The molecule has 3 nitrogen and oxygen atoms in total. The average Bonchev–Trinajstić information content (AvgIpc) is 2.76. The van der Waals surface area contributed by atoms with Crippen LogP contribution in [-0.4, -0.2) is 13.0 Å². The lowest BCUT2D eigenvalue weighted by Crippen LogP contribution is -2.28. The van der Waals surface area contributed by atoms with Gasteiger partial charge in [0.15, 0.2) is 0 Å². The van der Waals surface area contributed by atoms with E-state index in [0.29, 0.717) is 6.54 Å². The van der Waals surface area contributed by atoms with Crippen LogP contribution in [0.25, 0.3) is 6.08 Å². The van der Waals surface area contributed by atoms with Gasteiger partial charge in [0.1, 0.15) is 5.75 Å². The summed E-state index contributed by atoms with van der Waals surface area (Å²) in [4.78, 5) is 14.9. The van der Waals surface area contributed by atoms with Gasteiger partial charge in [-0.15, -0.1) is 0 Å². The summed E-state index contributed by atoms with van der Waals surface area (Å²) in [6.07, 6.45) is 4.36. The van der Waals surface area contributed by atoms with E-state index < -0.39 is 0 Å². The number of rotatable bonds is 7. The van der Waals surface area contributed by atoms with Crippen LogP contribution in [0.1, 0.15) is 23.6 Å². The van der Waals surface area contributed by atoms with E-state index in [1.165, 1.54) is 0 Å². The Bertz CT molecular complexity index is 933. The molecule has 0 bridgehead atoms. The molecule has 0 spiro atoms. The largest absolute Gasteiger partial charge is 0.496 e. The van der Waals surface area contributed by atoms with E-state index in [4.69, 9.17) is 4.74 Å². The van der Waals surface area contributed by atoms with Crippen LogP contribution in [0.15, 0.2) is 84.9 Å². The highest BCUT2D eigenvalue weighted by atomic mass is 16.5. The number of carbonyl (C=O) groups excluding carboxylic acids is 1. The summed E-state index contributed by atoms with van der Waals surface area (Å²) in [7, 11) is 1.67. The van der Waals surface area contributed by atoms with E-state index in [1.807, 2.05) is 84.9 Å². The number of nitrogens with zero attached hydrogens (tertiary/aromatic N) is 1. The first-order valence-electron chi connectivity index (χ1n) is 9.47. The van der Waals surface area contributed by atoms with Crippen LogP contribution < -0.4 is 9.64 Å². The van der Waals surface area contributed by atoms with Crippen LogP contribution >= 0.6 is 0 Å². The van der Waals surface area contributed by atoms with Gasteiger partial charge in [-0.05, 0) is 41.8 Å². The van der Waals surface area contributed by atoms with E-state index in [9.17, 15) is 4.79 Å². The van der Waals surface area contributed by atoms with Crippen LogP contribution in [0.5, 0.6) is 5.75 Å². The molecular formula is C25H25NO2. The third-order valence-electron chi connectivity index (χ3n) is 4.67. The molecule has 0 N–H and O–H groups in total. The second-order valence-electron chi connectivity index (χ2n) is 6.46. The fraction of sp³-hybridized carbons (Fsp3) is 0.160. The van der Waals surface area contributed by atoms with Crippen molar-refractivity contribution in [3.05, 3.63) is 102 Å². The fourth-order valence-corrected chi connectivity index (χ4v) is 3.23. The Morgan fingerprint density at radius 2 is 1.61 bits per heavy atom. The molecule has 0 aliphatic rings. The minimum absolute atomic E-state index is 0.0556. The van der Waals surface area contributed by atoms with Gasteiger partial charge in [-0.3, -0.25) is 4.79 Å². The number of benzene rings is 3. The summed E-state index contributed by atoms with van der Waals surface area (Å²) in [5.74, 6) is 0.793. The highest BCUT2D eigenvalue weighted by molar-refractivity contribution is 6.03. The Balaban J connectivity index is 1.89. The molecule has 28 heavy (non-hydrogen) atoms. The van der Waals surface area contributed by atoms with Gasteiger partial charge in [-0.25, -0.2) is 0 Å². The molecule has 142 valence electrons. The van der Waals surface area contributed by atoms with Gasteiger partial charge in [0.05, 0.1) is 13.7 Å². The second-order valence-corrected chi connectivity index (χ2v) is 6.46. The van der Waals surface area contributed by atoms with Gasteiger partial charge in [-0.1, -0.05) is 67.6 Å². The first kappa shape index (κ1) is 19.4. The number of hydrogen-bond donors (Lipinski definition) is 0. The SMILES string of the molecule is CCc1c(/C=C/C(=O)N(Cc2ccccc2)c2ccccc2)cccc1OC. The van der Waals surface area contributed by atoms with Crippen LogP contribution in [0, 0.1) is 0 Å². The lowest BCUT2D eigenvalue weighted by atomic mass is 10.0. The molecule has 0 fully saturated rings. The zero-order chi connectivity index (χ0) is 19.8. The van der Waals surface area contributed by atoms with Crippen LogP contribution in [0.2, 0.25) is 0 Å². The van der Waals surface area contributed by atoms with Crippen molar-refractivity contribution in [3.63, 3.8) is 0 Å². The monoisotopic (exact) mass is 371 g/mol. The van der Waals surface area contributed by atoms with Crippen LogP contribution in [-0.2, 0) is 17.8 Å². The van der Waals surface area contributed by atoms with Crippen LogP contribution in [0.4, 0.5) is 5.69 Å². The zero-order valence-electron chi connectivity index (χ0n) is 16.3. The van der Waals surface area contributed by atoms with Gasteiger partial charge in [-0.2, -0.15) is 0 Å². The molecule has 0 saturated heterocycles. The summed E-state index contributed by atoms with van der Waals surface area (Å²) >= 11 is 0. The topological polar surface area (TPSA) is 29.5 Å². The first-order chi connectivity index (χ1) is 13.7. The van der Waals surface area contributed by atoms with Gasteiger partial charge < -0.3 is 9.64 Å². The predicted octanol–water partition coefficient (Wildman–Crippen LogP) is 5.50. The number of carbonyl (C=O) groups is 1. The maximum atomic E-state index is 13.1. The fourth-order valence-electron chi connectivity index (χ4n) is 3.23. The minimum atomic E-state index is -0.0556. The number of hydrogen-bond acceptors (Lipinski definition) is 2. The zero-order valence-corrected chi connectivity index (χ0v) is 16.3. The van der Waals surface area contributed by atoms with Gasteiger partial charge in [0.25, 0.3) is 5.91 Å². The Labute approximate surface area is 166 Å². The molecule has 3 aromatic carbocycles. The Kier molecular flexibility index (Phi) is 6.64. The third-order valence-corrected chi connectivity index (χ3v) is 4.67. The standard InChI is InChI=1S/C25H25NO2/c1-3-23-21(13-10-16-24(23)28-2)17-18-25(27)26(22-14-8-5-9-15-22)19-20-11-6-4-7-12-20/h4-18H,3,19H2,1-2H3/b18-17+. The molecule has 0 aliphatic heterocycles. The van der Waals surface area contributed by atoms with Crippen molar-refractivity contribution in [2.45, 2.75) is 19.9 Å². The Morgan fingerprint density at radius 1 is 0.929 bits per heavy atom. The van der Waals surface area contributed by atoms with E-state index >= 15 is 0 Å². The summed E-state index contributed by atoms with van der Waals surface area (Å²) in [5.41, 5.74) is 4.07. The molecule has 3 aromatic rings. The van der Waals surface area contributed by atoms with Crippen molar-refractivity contribution in [2.75, 3.05) is 12.0 Å². The smallest absolute Gasteiger partial charge is 0.251 e. The molecule has 0 saturated carbocycles. The average molecular weight is 371 g/mol. The summed E-state index contributed by atoms with van der Waals surface area (Å²) in [5, 5.41) is 0. The Morgan fingerprint density at radius 3 is 2.25 bits per heavy atom. The quantitative estimate of drug-likeness (QED) is 0.513. The van der Waals surface area contributed by atoms with E-state index in [2.05, 4.69) is 6.92 Å². The summed E-state index contributed by atoms with van der Waals surface area (Å²) in [6, 6.07) is 25.7. The molecule has 0 atom stereocenters. The highest BCUT2D eigenvalue weighted by Crippen LogP contribution is 2.24. The van der Waals surface area contributed by atoms with Crippen molar-refractivity contribution >= 4 is 17.7 Å². The second kappa shape index (κ2) is 9.56. The number of anilines is 1. The highest BCUT2D eigenvalue weighted by Gasteiger charge is 2.14. The maximum absolute atomic E-state index is 13.1. The molecule has 0 heterocycles. The van der Waals surface area contributed by atoms with Crippen molar-refractivity contribution in [1.82, 2.24) is 0 Å². The molecule has 3 heteroatoms. The minimum Gasteiger partial charge on any atom is -0.496 e. The Hall–Kier alpha value is -3.33. The maximum Gasteiger partial charge on any atom is 0.251 e. The molecule has 0 aliphatic carbocycles. The summed E-state index contributed by atoms with van der Waals surface area (Å²) < 4.78 is 5.45. The van der Waals surface area contributed by atoms with E-state index in [1.54, 1.807) is 18.1 Å². The van der Waals surface area contributed by atoms with Gasteiger partial charge in [0.2, 0.25) is 0 Å². The number of amides is 1. The normalized spacial score (nSPS) is 10.8. The van der Waals surface area contributed by atoms with Crippen LogP contribution in [0.3, 0.4) is 0 Å². The molecule has 1 amide bonds. The first-order valence-corrected chi connectivity index (χ1v) is 9.47. The van der Waals surface area contributed by atoms with Crippen molar-refractivity contribution in [2.24, 2.45) is 0 Å². The molecule has 3 rings (SSSR count). The van der Waals surface area contributed by atoms with Crippen molar-refractivity contribution in [1.29, 1.82) is 0 Å². The van der Waals surface area contributed by atoms with E-state index in [-0.39, 0.29) is 5.91 Å². The molecule has 0 aromatic heterocycles. The van der Waals surface area contributed by atoms with Gasteiger partial charge in [0, 0.05) is 17.3 Å². The van der Waals surface area contributed by atoms with Crippen molar-refractivity contribution < 1.29 is 9.53 Å². The number of methoxy groups -OCH3 is 1. The lowest BCUT2D eigenvalue weighted by Gasteiger charge is -2.21. The lowest BCUT2D eigenvalue weighted by molar-refractivity contribution is -0.114. The number of ether oxygens (including phenoxy) is 1. The molecule has 0 radical (unpaired) electrons. The van der Waals surface area contributed by atoms with Crippen molar-refractivity contribution in [3.8, 4) is 5.75 Å². The molecule has 0 unspecified atom stereocenters.